The highest BCUT2D eigenvalue weighted by atomic mass is 19.2. The molecule has 0 bridgehead atoms. The maximum Gasteiger partial charge on any atom is 0.175 e. The van der Waals surface area contributed by atoms with Crippen LogP contribution >= 0.6 is 0 Å². The van der Waals surface area contributed by atoms with Gasteiger partial charge in [0, 0.05) is 5.56 Å². The van der Waals surface area contributed by atoms with Gasteiger partial charge in [0.05, 0.1) is 12.0 Å². The summed E-state index contributed by atoms with van der Waals surface area (Å²) in [6, 6.07) is 10.9. The fraction of sp³-hybridized carbons (Fsp3) is 0.143. The minimum atomic E-state index is -1.23. The lowest BCUT2D eigenvalue weighted by Gasteiger charge is -2.12. The minimum Gasteiger partial charge on any atom is -0.491 e. The van der Waals surface area contributed by atoms with Gasteiger partial charge in [-0.1, -0.05) is 30.9 Å². The van der Waals surface area contributed by atoms with Gasteiger partial charge in [0.2, 0.25) is 0 Å². The molecule has 0 spiro atoms. The highest BCUT2D eigenvalue weighted by Crippen LogP contribution is 2.35. The second-order valence-electron chi connectivity index (χ2n) is 5.58. The molecule has 0 amide bonds. The topological polar surface area (TPSA) is 18.5 Å². The van der Waals surface area contributed by atoms with Crippen LogP contribution in [0, 0.1) is 17.5 Å². The maximum absolute atomic E-state index is 14.6. The van der Waals surface area contributed by atoms with Gasteiger partial charge in [-0.2, -0.15) is 0 Å². The summed E-state index contributed by atoms with van der Waals surface area (Å²) in [5.74, 6) is -2.76. The molecule has 26 heavy (non-hydrogen) atoms. The Bertz CT molecular complexity index is 950. The van der Waals surface area contributed by atoms with Crippen LogP contribution in [0.4, 0.5) is 13.2 Å². The number of rotatable bonds is 6. The second kappa shape index (κ2) is 7.52. The van der Waals surface area contributed by atoms with E-state index in [0.717, 1.165) is 0 Å². The van der Waals surface area contributed by atoms with Crippen molar-refractivity contribution in [2.45, 2.75) is 6.92 Å². The summed E-state index contributed by atoms with van der Waals surface area (Å²) in [6.45, 7) is 5.82. The van der Waals surface area contributed by atoms with Crippen molar-refractivity contribution in [3.63, 3.8) is 0 Å². The molecule has 0 aliphatic heterocycles. The summed E-state index contributed by atoms with van der Waals surface area (Å²) in [4.78, 5) is 0. The number of hydrogen-bond acceptors (Lipinski definition) is 2. The van der Waals surface area contributed by atoms with Crippen LogP contribution in [0.5, 0.6) is 11.5 Å². The molecule has 0 aliphatic carbocycles. The Balaban J connectivity index is 2.09. The Morgan fingerprint density at radius 1 is 0.923 bits per heavy atom. The largest absolute Gasteiger partial charge is 0.491 e. The van der Waals surface area contributed by atoms with Gasteiger partial charge in [-0.3, -0.25) is 0 Å². The van der Waals surface area contributed by atoms with Gasteiger partial charge in [0.25, 0.3) is 0 Å². The van der Waals surface area contributed by atoms with Gasteiger partial charge < -0.3 is 9.47 Å². The number of halogens is 3. The van der Waals surface area contributed by atoms with Gasteiger partial charge in [-0.15, -0.1) is 0 Å². The molecule has 0 saturated heterocycles. The van der Waals surface area contributed by atoms with Crippen molar-refractivity contribution in [3.05, 3.63) is 72.6 Å². The fourth-order valence-electron chi connectivity index (χ4n) is 2.72. The van der Waals surface area contributed by atoms with Gasteiger partial charge in [0.1, 0.15) is 12.4 Å². The first kappa shape index (κ1) is 17.9. The van der Waals surface area contributed by atoms with Gasteiger partial charge in [-0.05, 0) is 42.1 Å². The van der Waals surface area contributed by atoms with Crippen LogP contribution in [0.2, 0.25) is 0 Å². The lowest BCUT2D eigenvalue weighted by atomic mass is 9.99. The first-order chi connectivity index (χ1) is 12.6. The molecular formula is C21H17F3O2. The van der Waals surface area contributed by atoms with Crippen LogP contribution < -0.4 is 9.47 Å². The molecule has 0 saturated carbocycles. The molecule has 0 atom stereocenters. The summed E-state index contributed by atoms with van der Waals surface area (Å²) in [5.41, 5.74) is 0.511. The van der Waals surface area contributed by atoms with Crippen LogP contribution in [0.3, 0.4) is 0 Å². The predicted octanol–water partition coefficient (Wildman–Crippen LogP) is 5.89. The van der Waals surface area contributed by atoms with E-state index in [1.165, 1.54) is 18.2 Å². The van der Waals surface area contributed by atoms with E-state index < -0.39 is 22.8 Å². The zero-order chi connectivity index (χ0) is 18.7. The predicted molar refractivity (Wildman–Crippen MR) is 96.1 cm³/mol. The molecule has 134 valence electrons. The van der Waals surface area contributed by atoms with Crippen molar-refractivity contribution in [2.75, 3.05) is 13.2 Å². The van der Waals surface area contributed by atoms with Crippen LogP contribution in [-0.4, -0.2) is 13.2 Å². The average Bonchev–Trinajstić information content (AvgIpc) is 2.65. The molecule has 0 radical (unpaired) electrons. The number of ether oxygens (including phenoxy) is 2. The normalized spacial score (nSPS) is 10.8. The van der Waals surface area contributed by atoms with Gasteiger partial charge in [0.15, 0.2) is 23.2 Å². The summed E-state index contributed by atoms with van der Waals surface area (Å²) in [5, 5.41) is -0.157. The Morgan fingerprint density at radius 2 is 1.65 bits per heavy atom. The van der Waals surface area contributed by atoms with Crippen molar-refractivity contribution in [3.8, 4) is 22.6 Å². The fourth-order valence-corrected chi connectivity index (χ4v) is 2.72. The molecule has 0 heterocycles. The molecular weight excluding hydrogens is 341 g/mol. The maximum atomic E-state index is 14.6. The molecule has 3 aromatic rings. The van der Waals surface area contributed by atoms with E-state index in [1.807, 2.05) is 0 Å². The SMILES string of the molecule is C=CCOc1ccc(-c2cc3ccc(OCC)c(F)c3c(F)c2F)cc1. The number of hydrogen-bond donors (Lipinski definition) is 0. The molecule has 0 unspecified atom stereocenters. The zero-order valence-electron chi connectivity index (χ0n) is 14.2. The highest BCUT2D eigenvalue weighted by Gasteiger charge is 2.20. The van der Waals surface area contributed by atoms with Crippen molar-refractivity contribution in [2.24, 2.45) is 0 Å². The quantitative estimate of drug-likeness (QED) is 0.512. The highest BCUT2D eigenvalue weighted by molar-refractivity contribution is 5.90. The van der Waals surface area contributed by atoms with Gasteiger partial charge in [-0.25, -0.2) is 13.2 Å². The number of benzene rings is 3. The van der Waals surface area contributed by atoms with E-state index in [9.17, 15) is 13.2 Å². The molecule has 0 aliphatic rings. The van der Waals surface area contributed by atoms with Crippen LogP contribution in [-0.2, 0) is 0 Å². The second-order valence-corrected chi connectivity index (χ2v) is 5.58. The molecule has 0 fully saturated rings. The molecule has 3 aromatic carbocycles. The first-order valence-electron chi connectivity index (χ1n) is 8.14. The standard InChI is InChI=1S/C21H17F3O2/c1-3-11-26-15-8-5-13(6-9-15)16-12-14-7-10-17(25-4-2)20(23)18(14)21(24)19(16)22/h3,5-10,12H,1,4,11H2,2H3. The van der Waals surface area contributed by atoms with E-state index in [0.29, 0.717) is 17.9 Å². The smallest absolute Gasteiger partial charge is 0.175 e. The van der Waals surface area contributed by atoms with Crippen molar-refractivity contribution in [1.82, 2.24) is 0 Å². The van der Waals surface area contributed by atoms with E-state index >= 15 is 0 Å². The lowest BCUT2D eigenvalue weighted by Crippen LogP contribution is -1.99. The zero-order valence-corrected chi connectivity index (χ0v) is 14.2. The monoisotopic (exact) mass is 358 g/mol. The van der Waals surface area contributed by atoms with E-state index in [4.69, 9.17) is 9.47 Å². The van der Waals surface area contributed by atoms with Crippen LogP contribution in [0.1, 0.15) is 6.92 Å². The van der Waals surface area contributed by atoms with Crippen LogP contribution in [0.25, 0.3) is 21.9 Å². The average molecular weight is 358 g/mol. The Labute approximate surface area is 149 Å². The minimum absolute atomic E-state index is 0.0498. The molecule has 3 rings (SSSR count). The third-order valence-corrected chi connectivity index (χ3v) is 3.92. The van der Waals surface area contributed by atoms with E-state index in [2.05, 4.69) is 6.58 Å². The Kier molecular flexibility index (Phi) is 5.16. The summed E-state index contributed by atoms with van der Waals surface area (Å²) in [7, 11) is 0. The summed E-state index contributed by atoms with van der Waals surface area (Å²) >= 11 is 0. The lowest BCUT2D eigenvalue weighted by molar-refractivity contribution is 0.322. The third kappa shape index (κ3) is 3.25. The van der Waals surface area contributed by atoms with Crippen molar-refractivity contribution < 1.29 is 22.6 Å². The molecule has 0 aromatic heterocycles. The van der Waals surface area contributed by atoms with E-state index in [-0.39, 0.29) is 23.3 Å². The first-order valence-corrected chi connectivity index (χ1v) is 8.14. The van der Waals surface area contributed by atoms with Crippen molar-refractivity contribution >= 4 is 10.8 Å². The van der Waals surface area contributed by atoms with Crippen LogP contribution in [0.15, 0.2) is 55.1 Å². The van der Waals surface area contributed by atoms with E-state index in [1.54, 1.807) is 37.3 Å². The summed E-state index contributed by atoms with van der Waals surface area (Å²) in [6.07, 6.45) is 1.61. The number of fused-ring (bicyclic) bond motifs is 1. The van der Waals surface area contributed by atoms with Crippen molar-refractivity contribution in [1.29, 1.82) is 0 Å². The third-order valence-electron chi connectivity index (χ3n) is 3.92. The Morgan fingerprint density at radius 3 is 2.31 bits per heavy atom. The van der Waals surface area contributed by atoms with Gasteiger partial charge >= 0.3 is 0 Å². The molecule has 2 nitrogen and oxygen atoms in total. The molecule has 5 heteroatoms. The molecule has 0 N–H and O–H groups in total. The summed E-state index contributed by atoms with van der Waals surface area (Å²) < 4.78 is 54.1. The Hall–Kier alpha value is -2.95.